The Kier molecular flexibility index (Phi) is 5.00. The molecule has 4 rings (SSSR count). The van der Waals surface area contributed by atoms with Crippen LogP contribution < -0.4 is 5.32 Å². The third-order valence-corrected chi connectivity index (χ3v) is 6.25. The third kappa shape index (κ3) is 3.63. The van der Waals surface area contributed by atoms with Crippen LogP contribution in [0.2, 0.25) is 10.0 Å². The van der Waals surface area contributed by atoms with Crippen molar-refractivity contribution in [3.05, 3.63) is 68.8 Å². The van der Waals surface area contributed by atoms with E-state index in [0.717, 1.165) is 27.2 Å². The summed E-state index contributed by atoms with van der Waals surface area (Å²) >= 11 is 13.8. The molecular weight excluding hydrogens is 399 g/mol. The smallest absolute Gasteiger partial charge is 0.163 e. The van der Waals surface area contributed by atoms with Gasteiger partial charge in [-0.2, -0.15) is 0 Å². The van der Waals surface area contributed by atoms with E-state index < -0.39 is 0 Å². The lowest BCUT2D eigenvalue weighted by atomic mass is 10.2. The number of fused-ring (bicyclic) bond motifs is 1. The fraction of sp³-hybridized carbons (Fsp3) is 0.150. The molecule has 0 radical (unpaired) electrons. The zero-order valence-electron chi connectivity index (χ0n) is 14.8. The van der Waals surface area contributed by atoms with Gasteiger partial charge in [0.05, 0.1) is 15.4 Å². The Bertz CT molecular complexity index is 1130. The number of aryl methyl sites for hydroxylation is 2. The van der Waals surface area contributed by atoms with E-state index in [9.17, 15) is 0 Å². The van der Waals surface area contributed by atoms with Crippen molar-refractivity contribution in [3.63, 3.8) is 0 Å². The topological polar surface area (TPSA) is 50.7 Å². The number of nitrogens with one attached hydrogen (secondary N) is 1. The Morgan fingerprint density at radius 1 is 1.00 bits per heavy atom. The summed E-state index contributed by atoms with van der Waals surface area (Å²) in [4.78, 5) is 15.9. The van der Waals surface area contributed by atoms with E-state index in [1.54, 1.807) is 29.8 Å². The number of thiophene rings is 1. The molecule has 0 atom stereocenters. The van der Waals surface area contributed by atoms with Gasteiger partial charge in [-0.1, -0.05) is 29.3 Å². The number of rotatable bonds is 4. The lowest BCUT2D eigenvalue weighted by Crippen LogP contribution is -2.04. The van der Waals surface area contributed by atoms with Gasteiger partial charge in [-0.3, -0.25) is 4.98 Å². The first-order valence-electron chi connectivity index (χ1n) is 8.39. The average molecular weight is 415 g/mol. The van der Waals surface area contributed by atoms with E-state index in [1.807, 2.05) is 24.3 Å². The molecule has 4 aromatic rings. The number of nitrogens with zero attached hydrogens (tertiary/aromatic N) is 3. The first-order valence-corrected chi connectivity index (χ1v) is 9.96. The van der Waals surface area contributed by atoms with Gasteiger partial charge in [-0.25, -0.2) is 9.97 Å². The molecule has 3 heterocycles. The highest BCUT2D eigenvalue weighted by Gasteiger charge is 2.15. The summed E-state index contributed by atoms with van der Waals surface area (Å²) < 4.78 is 0. The van der Waals surface area contributed by atoms with Crippen LogP contribution in [0.4, 0.5) is 5.82 Å². The molecule has 0 aliphatic carbocycles. The van der Waals surface area contributed by atoms with Crippen LogP contribution in [0, 0.1) is 13.8 Å². The molecule has 0 fully saturated rings. The highest BCUT2D eigenvalue weighted by molar-refractivity contribution is 7.18. The Hall–Kier alpha value is -2.21. The van der Waals surface area contributed by atoms with E-state index in [0.29, 0.717) is 22.4 Å². The zero-order chi connectivity index (χ0) is 19.0. The molecular formula is C20H16Cl2N4S. The van der Waals surface area contributed by atoms with E-state index in [4.69, 9.17) is 33.2 Å². The van der Waals surface area contributed by atoms with Crippen LogP contribution in [0.5, 0.6) is 0 Å². The van der Waals surface area contributed by atoms with Gasteiger partial charge in [0, 0.05) is 29.4 Å². The van der Waals surface area contributed by atoms with Crippen molar-refractivity contribution < 1.29 is 0 Å². The number of hydrogen-bond donors (Lipinski definition) is 1. The van der Waals surface area contributed by atoms with E-state index in [-0.39, 0.29) is 0 Å². The van der Waals surface area contributed by atoms with Crippen molar-refractivity contribution in [2.75, 3.05) is 5.32 Å². The zero-order valence-corrected chi connectivity index (χ0v) is 17.1. The monoisotopic (exact) mass is 414 g/mol. The van der Waals surface area contributed by atoms with Gasteiger partial charge in [0.2, 0.25) is 0 Å². The predicted octanol–water partition coefficient (Wildman–Crippen LogP) is 6.29. The van der Waals surface area contributed by atoms with Crippen molar-refractivity contribution in [2.45, 2.75) is 20.4 Å². The third-order valence-electron chi connectivity index (χ3n) is 4.41. The van der Waals surface area contributed by atoms with Crippen molar-refractivity contribution in [2.24, 2.45) is 0 Å². The van der Waals surface area contributed by atoms with Crippen molar-refractivity contribution in [1.29, 1.82) is 0 Å². The normalized spacial score (nSPS) is 11.1. The molecule has 27 heavy (non-hydrogen) atoms. The summed E-state index contributed by atoms with van der Waals surface area (Å²) in [6.07, 6.45) is 3.49. The summed E-state index contributed by atoms with van der Waals surface area (Å²) in [7, 11) is 0. The maximum absolute atomic E-state index is 6.13. The Labute approximate surface area is 171 Å². The number of pyridine rings is 1. The molecule has 1 aromatic carbocycles. The molecule has 136 valence electrons. The van der Waals surface area contributed by atoms with Crippen LogP contribution in [0.15, 0.2) is 42.7 Å². The lowest BCUT2D eigenvalue weighted by Gasteiger charge is -2.10. The van der Waals surface area contributed by atoms with Crippen LogP contribution in [0.3, 0.4) is 0 Å². The van der Waals surface area contributed by atoms with Gasteiger partial charge < -0.3 is 5.32 Å². The molecule has 0 saturated carbocycles. The molecule has 1 N–H and O–H groups in total. The summed E-state index contributed by atoms with van der Waals surface area (Å²) in [5, 5.41) is 5.61. The quantitative estimate of drug-likeness (QED) is 0.426. The van der Waals surface area contributed by atoms with Gasteiger partial charge in [0.25, 0.3) is 0 Å². The molecule has 0 bridgehead atoms. The second-order valence-corrected chi connectivity index (χ2v) is 8.21. The summed E-state index contributed by atoms with van der Waals surface area (Å²) in [6.45, 7) is 4.80. The van der Waals surface area contributed by atoms with Crippen molar-refractivity contribution >= 4 is 50.6 Å². The van der Waals surface area contributed by atoms with Gasteiger partial charge in [0.1, 0.15) is 10.6 Å². The number of benzene rings is 1. The first kappa shape index (κ1) is 18.2. The van der Waals surface area contributed by atoms with Gasteiger partial charge in [0.15, 0.2) is 5.82 Å². The SMILES string of the molecule is Cc1sc2nc(-c3ccncc3)nc(NCc3ccc(Cl)c(Cl)c3)c2c1C. The fourth-order valence-corrected chi connectivity index (χ4v) is 4.19. The van der Waals surface area contributed by atoms with Crippen LogP contribution in [-0.4, -0.2) is 15.0 Å². The Morgan fingerprint density at radius 3 is 2.52 bits per heavy atom. The van der Waals surface area contributed by atoms with Crippen LogP contribution >= 0.6 is 34.5 Å². The molecule has 0 amide bonds. The maximum Gasteiger partial charge on any atom is 0.163 e. The minimum atomic E-state index is 0.545. The predicted molar refractivity (Wildman–Crippen MR) is 114 cm³/mol. The summed E-state index contributed by atoms with van der Waals surface area (Å²) in [5.41, 5.74) is 3.17. The van der Waals surface area contributed by atoms with Crippen LogP contribution in [0.25, 0.3) is 21.6 Å². The number of aromatic nitrogens is 3. The van der Waals surface area contributed by atoms with Crippen molar-refractivity contribution in [3.8, 4) is 11.4 Å². The summed E-state index contributed by atoms with van der Waals surface area (Å²) in [5.74, 6) is 1.50. The minimum Gasteiger partial charge on any atom is -0.365 e. The van der Waals surface area contributed by atoms with E-state index in [2.05, 4.69) is 24.1 Å². The van der Waals surface area contributed by atoms with Gasteiger partial charge in [-0.05, 0) is 49.2 Å². The second-order valence-electron chi connectivity index (χ2n) is 6.20. The number of halogens is 2. The molecule has 0 unspecified atom stereocenters. The second kappa shape index (κ2) is 7.43. The lowest BCUT2D eigenvalue weighted by molar-refractivity contribution is 1.11. The Balaban J connectivity index is 1.76. The van der Waals surface area contributed by atoms with Gasteiger partial charge in [-0.15, -0.1) is 11.3 Å². The number of anilines is 1. The number of hydrogen-bond acceptors (Lipinski definition) is 5. The maximum atomic E-state index is 6.13. The van der Waals surface area contributed by atoms with E-state index >= 15 is 0 Å². The molecule has 3 aromatic heterocycles. The van der Waals surface area contributed by atoms with Crippen LogP contribution in [-0.2, 0) is 6.54 Å². The molecule has 0 aliphatic heterocycles. The summed E-state index contributed by atoms with van der Waals surface area (Å²) in [6, 6.07) is 9.45. The van der Waals surface area contributed by atoms with Gasteiger partial charge >= 0.3 is 0 Å². The fourth-order valence-electron chi connectivity index (χ4n) is 2.84. The Morgan fingerprint density at radius 2 is 1.78 bits per heavy atom. The molecule has 7 heteroatoms. The standard InChI is InChI=1S/C20H16Cl2N4S/c1-11-12(2)27-20-17(11)19(24-10-13-3-4-15(21)16(22)9-13)25-18(26-20)14-5-7-23-8-6-14/h3-9H,10H2,1-2H3,(H,24,25,26). The highest BCUT2D eigenvalue weighted by atomic mass is 35.5. The molecule has 0 aliphatic rings. The van der Waals surface area contributed by atoms with E-state index in [1.165, 1.54) is 10.4 Å². The van der Waals surface area contributed by atoms with Crippen LogP contribution in [0.1, 0.15) is 16.0 Å². The molecule has 4 nitrogen and oxygen atoms in total. The highest BCUT2D eigenvalue weighted by Crippen LogP contribution is 2.35. The first-order chi connectivity index (χ1) is 13.0. The molecule has 0 saturated heterocycles. The largest absolute Gasteiger partial charge is 0.365 e. The minimum absolute atomic E-state index is 0.545. The molecule has 0 spiro atoms. The van der Waals surface area contributed by atoms with Crippen molar-refractivity contribution in [1.82, 2.24) is 15.0 Å². The average Bonchev–Trinajstić information content (AvgIpc) is 2.97.